The zero-order valence-electron chi connectivity index (χ0n) is 20.3. The number of aromatic hydroxyl groups is 1. The summed E-state index contributed by atoms with van der Waals surface area (Å²) < 4.78 is 18.8. The molecule has 1 saturated heterocycles. The summed E-state index contributed by atoms with van der Waals surface area (Å²) in [6.07, 6.45) is 1.02. The van der Waals surface area contributed by atoms with Crippen LogP contribution in [0.4, 0.5) is 15.9 Å². The number of nitrogens with one attached hydrogen (secondary N) is 3. The fraction of sp³-hybridized carbons (Fsp3) is 0.143. The molecule has 1 aliphatic rings. The van der Waals surface area contributed by atoms with Crippen LogP contribution in [0, 0.1) is 17.1 Å². The number of nitrogens with zero attached hydrogens (tertiary/aromatic N) is 2. The molecular formula is C28H22FN5O5. The van der Waals surface area contributed by atoms with Gasteiger partial charge in [0, 0.05) is 29.4 Å². The smallest absolute Gasteiger partial charge is 0.292 e. The first-order valence-electron chi connectivity index (χ1n) is 11.9. The van der Waals surface area contributed by atoms with Crippen LogP contribution in [0.3, 0.4) is 0 Å². The van der Waals surface area contributed by atoms with Crippen LogP contribution in [-0.2, 0) is 4.79 Å². The van der Waals surface area contributed by atoms with Gasteiger partial charge < -0.3 is 30.6 Å². The molecule has 1 unspecified atom stereocenters. The molecule has 5 rings (SSSR count). The quantitative estimate of drug-likeness (QED) is 0.254. The molecule has 4 aromatic rings. The minimum atomic E-state index is -0.650. The lowest BCUT2D eigenvalue weighted by molar-refractivity contribution is -0.117. The number of furan rings is 1. The topological polar surface area (TPSA) is 161 Å². The summed E-state index contributed by atoms with van der Waals surface area (Å²) in [5.74, 6) is -2.11. The number of aromatic nitrogens is 1. The standard InChI is InChI=1S/C28H22FN5O5/c29-16-6-7-19(24(36)10-16)22-12-20(21(13-30)26(33-22)34-28(38)25-5-2-8-39-25)15-3-1-4-17(9-15)32-27(37)23-11-18(35)14-31-23/h1-10,12,18,23,31,35-36H,11,14H2,(H,32,37)(H,33,34,38)/t18-,23?/m1/s1. The molecule has 2 aromatic heterocycles. The highest BCUT2D eigenvalue weighted by molar-refractivity contribution is 6.03. The normalized spacial score (nSPS) is 16.4. The Morgan fingerprint density at radius 3 is 2.64 bits per heavy atom. The number of pyridine rings is 1. The highest BCUT2D eigenvalue weighted by Gasteiger charge is 2.28. The average Bonchev–Trinajstić information content (AvgIpc) is 3.61. The van der Waals surface area contributed by atoms with E-state index in [2.05, 4.69) is 27.0 Å². The number of aliphatic hydroxyl groups is 1. The van der Waals surface area contributed by atoms with Crippen LogP contribution in [0.5, 0.6) is 5.75 Å². The van der Waals surface area contributed by atoms with E-state index in [1.807, 2.05) is 0 Å². The third-order valence-corrected chi connectivity index (χ3v) is 6.21. The second-order valence-corrected chi connectivity index (χ2v) is 8.90. The van der Waals surface area contributed by atoms with Crippen LogP contribution in [0.2, 0.25) is 0 Å². The fourth-order valence-corrected chi connectivity index (χ4v) is 4.32. The average molecular weight is 528 g/mol. The molecule has 5 N–H and O–H groups in total. The number of carbonyl (C=O) groups is 2. The lowest BCUT2D eigenvalue weighted by Crippen LogP contribution is -2.35. The number of carbonyl (C=O) groups excluding carboxylic acids is 2. The molecule has 3 heterocycles. The Hall–Kier alpha value is -5.05. The molecule has 39 heavy (non-hydrogen) atoms. The number of hydrogen-bond donors (Lipinski definition) is 5. The molecule has 1 fully saturated rings. The monoisotopic (exact) mass is 527 g/mol. The van der Waals surface area contributed by atoms with Gasteiger partial charge in [0.1, 0.15) is 23.2 Å². The van der Waals surface area contributed by atoms with Crippen molar-refractivity contribution >= 4 is 23.3 Å². The Morgan fingerprint density at radius 1 is 1.10 bits per heavy atom. The van der Waals surface area contributed by atoms with E-state index < -0.39 is 23.9 Å². The van der Waals surface area contributed by atoms with Crippen molar-refractivity contribution in [3.8, 4) is 34.2 Å². The molecule has 0 saturated carbocycles. The molecule has 0 bridgehead atoms. The Bertz CT molecular complexity index is 1600. The summed E-state index contributed by atoms with van der Waals surface area (Å²) in [4.78, 5) is 29.8. The van der Waals surface area contributed by atoms with Crippen LogP contribution >= 0.6 is 0 Å². The molecule has 2 amide bonds. The minimum absolute atomic E-state index is 0.00683. The van der Waals surface area contributed by atoms with E-state index in [9.17, 15) is 29.5 Å². The van der Waals surface area contributed by atoms with Gasteiger partial charge in [-0.2, -0.15) is 5.26 Å². The number of anilines is 2. The Kier molecular flexibility index (Phi) is 7.05. The van der Waals surface area contributed by atoms with Gasteiger partial charge in [-0.1, -0.05) is 12.1 Å². The predicted molar refractivity (Wildman–Crippen MR) is 139 cm³/mol. The Balaban J connectivity index is 1.58. The molecule has 1 aliphatic heterocycles. The van der Waals surface area contributed by atoms with Crippen molar-refractivity contribution in [3.63, 3.8) is 0 Å². The van der Waals surface area contributed by atoms with Crippen molar-refractivity contribution in [2.24, 2.45) is 0 Å². The number of nitriles is 1. The van der Waals surface area contributed by atoms with Crippen molar-refractivity contribution in [2.75, 3.05) is 17.2 Å². The second-order valence-electron chi connectivity index (χ2n) is 8.90. The minimum Gasteiger partial charge on any atom is -0.507 e. The van der Waals surface area contributed by atoms with E-state index in [1.165, 1.54) is 30.5 Å². The first-order chi connectivity index (χ1) is 18.8. The van der Waals surface area contributed by atoms with Gasteiger partial charge in [-0.25, -0.2) is 9.37 Å². The summed E-state index contributed by atoms with van der Waals surface area (Å²) in [6, 6.07) is 16.2. The number of β-amino-alcohol motifs (C(OH)–C–C–N with tert-alkyl or cyclic N) is 1. The van der Waals surface area contributed by atoms with E-state index >= 15 is 0 Å². The van der Waals surface area contributed by atoms with E-state index in [0.29, 0.717) is 23.4 Å². The highest BCUT2D eigenvalue weighted by Crippen LogP contribution is 2.36. The molecule has 196 valence electrons. The van der Waals surface area contributed by atoms with Crippen molar-refractivity contribution in [1.82, 2.24) is 10.3 Å². The van der Waals surface area contributed by atoms with Gasteiger partial charge in [0.15, 0.2) is 11.6 Å². The molecule has 2 atom stereocenters. The maximum Gasteiger partial charge on any atom is 0.292 e. The number of halogens is 1. The van der Waals surface area contributed by atoms with Crippen molar-refractivity contribution in [3.05, 3.63) is 84.1 Å². The predicted octanol–water partition coefficient (Wildman–Crippen LogP) is 3.64. The number of aliphatic hydroxyl groups excluding tert-OH is 1. The number of amides is 2. The van der Waals surface area contributed by atoms with Gasteiger partial charge in [0.25, 0.3) is 5.91 Å². The van der Waals surface area contributed by atoms with Crippen LogP contribution in [0.1, 0.15) is 22.5 Å². The number of phenols is 1. The maximum atomic E-state index is 13.7. The van der Waals surface area contributed by atoms with Crippen LogP contribution in [0.15, 0.2) is 71.3 Å². The zero-order valence-corrected chi connectivity index (χ0v) is 20.3. The van der Waals surface area contributed by atoms with E-state index in [-0.39, 0.29) is 46.5 Å². The Labute approximate surface area is 221 Å². The molecule has 0 spiro atoms. The highest BCUT2D eigenvalue weighted by atomic mass is 19.1. The SMILES string of the molecule is N#Cc1c(-c2cccc(NC(=O)C3C[C@@H](O)CN3)c2)cc(-c2ccc(F)cc2O)nc1NC(=O)c1ccco1. The van der Waals surface area contributed by atoms with Gasteiger partial charge in [0.2, 0.25) is 5.91 Å². The number of hydrogen-bond acceptors (Lipinski definition) is 8. The number of phenolic OH excluding ortho intramolecular Hbond substituents is 1. The number of benzene rings is 2. The van der Waals surface area contributed by atoms with Gasteiger partial charge in [-0.15, -0.1) is 0 Å². The van der Waals surface area contributed by atoms with Crippen LogP contribution < -0.4 is 16.0 Å². The lowest BCUT2D eigenvalue weighted by atomic mass is 9.97. The van der Waals surface area contributed by atoms with Crippen molar-refractivity contribution < 1.29 is 28.6 Å². The van der Waals surface area contributed by atoms with Gasteiger partial charge in [-0.05, 0) is 54.4 Å². The molecule has 11 heteroatoms. The van der Waals surface area contributed by atoms with Gasteiger partial charge in [-0.3, -0.25) is 9.59 Å². The molecule has 10 nitrogen and oxygen atoms in total. The number of rotatable bonds is 6. The van der Waals surface area contributed by atoms with Crippen molar-refractivity contribution in [2.45, 2.75) is 18.6 Å². The fourth-order valence-electron chi connectivity index (χ4n) is 4.32. The van der Waals surface area contributed by atoms with E-state index in [1.54, 1.807) is 24.3 Å². The largest absolute Gasteiger partial charge is 0.507 e. The molecular weight excluding hydrogens is 505 g/mol. The Morgan fingerprint density at radius 2 is 1.95 bits per heavy atom. The summed E-state index contributed by atoms with van der Waals surface area (Å²) >= 11 is 0. The lowest BCUT2D eigenvalue weighted by Gasteiger charge is -2.15. The summed E-state index contributed by atoms with van der Waals surface area (Å²) in [5, 5.41) is 38.5. The van der Waals surface area contributed by atoms with Crippen LogP contribution in [-0.4, -0.2) is 45.7 Å². The third-order valence-electron chi connectivity index (χ3n) is 6.21. The first-order valence-corrected chi connectivity index (χ1v) is 11.9. The molecule has 0 radical (unpaired) electrons. The first kappa shape index (κ1) is 25.6. The van der Waals surface area contributed by atoms with Crippen molar-refractivity contribution in [1.29, 1.82) is 5.26 Å². The van der Waals surface area contributed by atoms with E-state index in [4.69, 9.17) is 4.42 Å². The van der Waals surface area contributed by atoms with Gasteiger partial charge >= 0.3 is 0 Å². The maximum absolute atomic E-state index is 13.7. The van der Waals surface area contributed by atoms with Crippen LogP contribution in [0.25, 0.3) is 22.4 Å². The third kappa shape index (κ3) is 5.47. The second kappa shape index (κ2) is 10.7. The molecule has 0 aliphatic carbocycles. The van der Waals surface area contributed by atoms with Gasteiger partial charge in [0.05, 0.1) is 24.1 Å². The summed E-state index contributed by atoms with van der Waals surface area (Å²) in [6.45, 7) is 0.326. The molecule has 2 aromatic carbocycles. The summed E-state index contributed by atoms with van der Waals surface area (Å²) in [7, 11) is 0. The van der Waals surface area contributed by atoms with E-state index in [0.717, 1.165) is 12.1 Å². The zero-order chi connectivity index (χ0) is 27.5. The summed E-state index contributed by atoms with van der Waals surface area (Å²) in [5.41, 5.74) is 1.63.